The van der Waals surface area contributed by atoms with E-state index in [0.29, 0.717) is 12.0 Å². The molecule has 6 nitrogen and oxygen atoms in total. The number of amides is 1. The van der Waals surface area contributed by atoms with E-state index in [9.17, 15) is 19.1 Å². The van der Waals surface area contributed by atoms with Crippen molar-refractivity contribution >= 4 is 17.4 Å². The van der Waals surface area contributed by atoms with Gasteiger partial charge in [0.25, 0.3) is 11.7 Å². The van der Waals surface area contributed by atoms with Crippen molar-refractivity contribution in [3.8, 4) is 0 Å². The van der Waals surface area contributed by atoms with E-state index in [4.69, 9.17) is 0 Å². The van der Waals surface area contributed by atoms with E-state index >= 15 is 0 Å². The first-order chi connectivity index (χ1) is 14.5. The highest BCUT2D eigenvalue weighted by molar-refractivity contribution is 6.46. The summed E-state index contributed by atoms with van der Waals surface area (Å²) in [4.78, 5) is 33.2. The molecule has 1 amide bonds. The molecule has 0 spiro atoms. The summed E-state index contributed by atoms with van der Waals surface area (Å²) in [5, 5.41) is 10.9. The lowest BCUT2D eigenvalue weighted by atomic mass is 9.95. The molecule has 158 valence electrons. The number of halogens is 1. The number of benzene rings is 1. The summed E-state index contributed by atoms with van der Waals surface area (Å²) in [5.41, 5.74) is 0.446. The second-order valence-electron chi connectivity index (χ2n) is 7.13. The third kappa shape index (κ3) is 4.26. The number of ketones is 1. The van der Waals surface area contributed by atoms with Crippen molar-refractivity contribution in [3.05, 3.63) is 71.3 Å². The van der Waals surface area contributed by atoms with E-state index in [1.54, 1.807) is 30.3 Å². The van der Waals surface area contributed by atoms with E-state index in [0.717, 1.165) is 19.6 Å². The van der Waals surface area contributed by atoms with Crippen LogP contribution in [0, 0.1) is 5.82 Å². The number of aliphatic hydroxyl groups is 1. The molecule has 1 aliphatic heterocycles. The highest BCUT2D eigenvalue weighted by Crippen LogP contribution is 2.40. The summed E-state index contributed by atoms with van der Waals surface area (Å²) in [5.74, 6) is -2.38. The fourth-order valence-electron chi connectivity index (χ4n) is 3.80. The zero-order chi connectivity index (χ0) is 21.7. The molecule has 2 aromatic rings. The van der Waals surface area contributed by atoms with Gasteiger partial charge in [0.15, 0.2) is 0 Å². The number of carbonyl (C=O) groups excluding carboxylic acids is 2. The lowest BCUT2D eigenvalue weighted by Crippen LogP contribution is -2.33. The van der Waals surface area contributed by atoms with Crippen LogP contribution in [0.3, 0.4) is 0 Å². The Morgan fingerprint density at radius 3 is 2.43 bits per heavy atom. The molecule has 1 aromatic heterocycles. The number of carbonyl (C=O) groups is 2. The largest absolute Gasteiger partial charge is 0.507 e. The van der Waals surface area contributed by atoms with Gasteiger partial charge < -0.3 is 14.9 Å². The molecule has 1 N–H and O–H groups in total. The Bertz CT molecular complexity index is 942. The molecule has 1 atom stereocenters. The van der Waals surface area contributed by atoms with Gasteiger partial charge in [-0.25, -0.2) is 4.39 Å². The lowest BCUT2D eigenvalue weighted by Gasteiger charge is -2.27. The molecule has 0 bridgehead atoms. The van der Waals surface area contributed by atoms with Crippen LogP contribution in [0.2, 0.25) is 0 Å². The maximum absolute atomic E-state index is 14.7. The lowest BCUT2D eigenvalue weighted by molar-refractivity contribution is -0.140. The van der Waals surface area contributed by atoms with Crippen LogP contribution in [-0.4, -0.2) is 57.8 Å². The van der Waals surface area contributed by atoms with E-state index in [1.807, 2.05) is 0 Å². The SMILES string of the molecule is CCN(CC)CCCN1C(=O)C(=O)/C(=C(/O)c2ccncc2)C1c1ccccc1F. The fraction of sp³-hybridized carbons (Fsp3) is 0.348. The van der Waals surface area contributed by atoms with Crippen molar-refractivity contribution in [2.24, 2.45) is 0 Å². The Labute approximate surface area is 175 Å². The average Bonchev–Trinajstić information content (AvgIpc) is 3.02. The number of Topliss-reactive ketones (excluding diaryl/α,β-unsaturated/α-hetero) is 1. The van der Waals surface area contributed by atoms with Gasteiger partial charge in [0, 0.05) is 30.1 Å². The van der Waals surface area contributed by atoms with Gasteiger partial charge in [0.1, 0.15) is 11.6 Å². The molecule has 0 radical (unpaired) electrons. The van der Waals surface area contributed by atoms with Crippen LogP contribution in [-0.2, 0) is 9.59 Å². The number of aliphatic hydroxyl groups excluding tert-OH is 1. The molecule has 7 heteroatoms. The molecule has 1 saturated heterocycles. The highest BCUT2D eigenvalue weighted by Gasteiger charge is 2.46. The van der Waals surface area contributed by atoms with E-state index in [-0.39, 0.29) is 23.4 Å². The van der Waals surface area contributed by atoms with Crippen LogP contribution >= 0.6 is 0 Å². The van der Waals surface area contributed by atoms with Crippen LogP contribution < -0.4 is 0 Å². The average molecular weight is 411 g/mol. The van der Waals surface area contributed by atoms with Crippen molar-refractivity contribution < 1.29 is 19.1 Å². The maximum atomic E-state index is 14.7. The van der Waals surface area contributed by atoms with Crippen LogP contribution in [0.5, 0.6) is 0 Å². The predicted molar refractivity (Wildman–Crippen MR) is 112 cm³/mol. The Morgan fingerprint density at radius 2 is 1.80 bits per heavy atom. The minimum absolute atomic E-state index is 0.0980. The third-order valence-electron chi connectivity index (χ3n) is 5.46. The van der Waals surface area contributed by atoms with Gasteiger partial charge >= 0.3 is 0 Å². The van der Waals surface area contributed by atoms with Gasteiger partial charge in [-0.2, -0.15) is 0 Å². The quantitative estimate of drug-likeness (QED) is 0.410. The maximum Gasteiger partial charge on any atom is 0.295 e. The highest BCUT2D eigenvalue weighted by atomic mass is 19.1. The number of rotatable bonds is 8. The third-order valence-corrected chi connectivity index (χ3v) is 5.46. The minimum atomic E-state index is -0.976. The topological polar surface area (TPSA) is 73.7 Å². The number of aromatic nitrogens is 1. The van der Waals surface area contributed by atoms with E-state index < -0.39 is 23.5 Å². The van der Waals surface area contributed by atoms with Crippen molar-refractivity contribution in [2.45, 2.75) is 26.3 Å². The number of hydrogen-bond donors (Lipinski definition) is 1. The zero-order valence-corrected chi connectivity index (χ0v) is 17.2. The van der Waals surface area contributed by atoms with Gasteiger partial charge in [-0.3, -0.25) is 14.6 Å². The Hall–Kier alpha value is -3.06. The summed E-state index contributed by atoms with van der Waals surface area (Å²) in [6.07, 6.45) is 3.59. The van der Waals surface area contributed by atoms with Gasteiger partial charge in [-0.1, -0.05) is 32.0 Å². The smallest absolute Gasteiger partial charge is 0.295 e. The Balaban J connectivity index is 2.03. The van der Waals surface area contributed by atoms with Gasteiger partial charge in [0.05, 0.1) is 11.6 Å². The molecular weight excluding hydrogens is 385 g/mol. The van der Waals surface area contributed by atoms with Crippen LogP contribution in [0.25, 0.3) is 5.76 Å². The predicted octanol–water partition coefficient (Wildman–Crippen LogP) is 3.37. The monoisotopic (exact) mass is 411 g/mol. The summed E-state index contributed by atoms with van der Waals surface area (Å²) in [6, 6.07) is 8.15. The number of likely N-dealkylation sites (tertiary alicyclic amines) is 1. The molecule has 0 aliphatic carbocycles. The van der Waals surface area contributed by atoms with Gasteiger partial charge in [-0.15, -0.1) is 0 Å². The number of hydrogen-bond acceptors (Lipinski definition) is 5. The molecule has 0 saturated carbocycles. The second kappa shape index (κ2) is 9.63. The Morgan fingerprint density at radius 1 is 1.13 bits per heavy atom. The zero-order valence-electron chi connectivity index (χ0n) is 17.2. The molecule has 1 aromatic carbocycles. The molecular formula is C23H26FN3O3. The van der Waals surface area contributed by atoms with Crippen LogP contribution in [0.15, 0.2) is 54.4 Å². The summed E-state index contributed by atoms with van der Waals surface area (Å²) >= 11 is 0. The standard InChI is InChI=1S/C23H26FN3O3/c1-3-26(4-2)14-7-15-27-20(17-8-5-6-9-18(17)24)19(22(29)23(27)30)21(28)16-10-12-25-13-11-16/h5-6,8-13,20,28H,3-4,7,14-15H2,1-2H3/b21-19+. The Kier molecular flexibility index (Phi) is 6.95. The summed E-state index contributed by atoms with van der Waals surface area (Å²) < 4.78 is 14.7. The summed E-state index contributed by atoms with van der Waals surface area (Å²) in [6.45, 7) is 6.92. The molecule has 1 unspecified atom stereocenters. The summed E-state index contributed by atoms with van der Waals surface area (Å²) in [7, 11) is 0. The van der Waals surface area contributed by atoms with Crippen LogP contribution in [0.1, 0.15) is 37.4 Å². The molecule has 2 heterocycles. The fourth-order valence-corrected chi connectivity index (χ4v) is 3.80. The van der Waals surface area contributed by atoms with Crippen molar-refractivity contribution in [3.63, 3.8) is 0 Å². The van der Waals surface area contributed by atoms with Crippen molar-refractivity contribution in [1.29, 1.82) is 0 Å². The van der Waals surface area contributed by atoms with Crippen molar-refractivity contribution in [2.75, 3.05) is 26.2 Å². The second-order valence-corrected chi connectivity index (χ2v) is 7.13. The van der Waals surface area contributed by atoms with E-state index in [2.05, 4.69) is 23.7 Å². The first kappa shape index (κ1) is 21.6. The van der Waals surface area contributed by atoms with Crippen molar-refractivity contribution in [1.82, 2.24) is 14.8 Å². The first-order valence-electron chi connectivity index (χ1n) is 10.1. The van der Waals surface area contributed by atoms with E-state index in [1.165, 1.54) is 23.4 Å². The molecule has 3 rings (SSSR count). The normalized spacial score (nSPS) is 18.4. The molecule has 30 heavy (non-hydrogen) atoms. The minimum Gasteiger partial charge on any atom is -0.507 e. The number of nitrogens with zero attached hydrogens (tertiary/aromatic N) is 3. The first-order valence-corrected chi connectivity index (χ1v) is 10.1. The number of pyridine rings is 1. The molecule has 1 aliphatic rings. The van der Waals surface area contributed by atoms with Gasteiger partial charge in [-0.05, 0) is 44.3 Å². The van der Waals surface area contributed by atoms with Gasteiger partial charge in [0.2, 0.25) is 0 Å². The molecule has 1 fully saturated rings. The van der Waals surface area contributed by atoms with Crippen LogP contribution in [0.4, 0.5) is 4.39 Å².